The first-order chi connectivity index (χ1) is 24.8. The van der Waals surface area contributed by atoms with E-state index in [4.69, 9.17) is 0 Å². The topological polar surface area (TPSA) is 0 Å². The Balaban J connectivity index is 1.05. The third-order valence-corrected chi connectivity index (χ3v) is 11.8. The van der Waals surface area contributed by atoms with E-state index in [9.17, 15) is 0 Å². The highest BCUT2D eigenvalue weighted by Gasteiger charge is 2.36. The van der Waals surface area contributed by atoms with Crippen LogP contribution in [0.5, 0.6) is 0 Å². The van der Waals surface area contributed by atoms with Crippen LogP contribution in [0.25, 0.3) is 76.5 Å². The van der Waals surface area contributed by atoms with Crippen LogP contribution in [0.2, 0.25) is 0 Å². The molecular formula is C51H38. The average molecular weight is 651 g/mol. The molecule has 0 heterocycles. The minimum Gasteiger partial charge on any atom is -0.0911 e. The SMILES string of the molecule is C=C1/C=C\C(c2ccc3c(c2)C(C)(C)c2cc(-c4ccc5ccc6c(ccc7c8ccccc8ccc76)c5c4)ccc2-3)=C/C(C)c2ccccc21. The van der Waals surface area contributed by atoms with E-state index in [0.717, 1.165) is 5.57 Å². The lowest BCUT2D eigenvalue weighted by Crippen LogP contribution is -2.15. The zero-order valence-electron chi connectivity index (χ0n) is 29.3. The first kappa shape index (κ1) is 29.9. The quantitative estimate of drug-likeness (QED) is 0.163. The molecule has 0 aromatic heterocycles. The Hall–Kier alpha value is -5.98. The molecule has 0 N–H and O–H groups in total. The number of fused-ring (bicyclic) bond motifs is 11. The van der Waals surface area contributed by atoms with Gasteiger partial charge in [0.25, 0.3) is 0 Å². The van der Waals surface area contributed by atoms with E-state index in [1.54, 1.807) is 0 Å². The summed E-state index contributed by atoms with van der Waals surface area (Å²) in [6.07, 6.45) is 6.83. The van der Waals surface area contributed by atoms with Gasteiger partial charge in [-0.3, -0.25) is 0 Å². The molecule has 8 aromatic carbocycles. The zero-order chi connectivity index (χ0) is 34.4. The predicted octanol–water partition coefficient (Wildman–Crippen LogP) is 14.0. The summed E-state index contributed by atoms with van der Waals surface area (Å²) in [5, 5.41) is 10.4. The van der Waals surface area contributed by atoms with Gasteiger partial charge in [0.1, 0.15) is 0 Å². The Kier molecular flexibility index (Phi) is 6.45. The Morgan fingerprint density at radius 1 is 0.471 bits per heavy atom. The van der Waals surface area contributed by atoms with Crippen LogP contribution in [0.3, 0.4) is 0 Å². The van der Waals surface area contributed by atoms with Crippen molar-refractivity contribution in [2.24, 2.45) is 0 Å². The van der Waals surface area contributed by atoms with Gasteiger partial charge in [0.15, 0.2) is 0 Å². The molecule has 10 rings (SSSR count). The van der Waals surface area contributed by atoms with Crippen molar-refractivity contribution < 1.29 is 0 Å². The van der Waals surface area contributed by atoms with Gasteiger partial charge in [-0.05, 0) is 123 Å². The van der Waals surface area contributed by atoms with Crippen molar-refractivity contribution in [1.82, 2.24) is 0 Å². The number of allylic oxidation sites excluding steroid dienone is 5. The van der Waals surface area contributed by atoms with Crippen LogP contribution in [-0.2, 0) is 5.41 Å². The van der Waals surface area contributed by atoms with E-state index in [0.29, 0.717) is 0 Å². The lowest BCUT2D eigenvalue weighted by Gasteiger charge is -2.23. The minimum absolute atomic E-state index is 0.129. The van der Waals surface area contributed by atoms with E-state index in [1.165, 1.54) is 98.7 Å². The van der Waals surface area contributed by atoms with Gasteiger partial charge in [-0.1, -0.05) is 167 Å². The Morgan fingerprint density at radius 2 is 1.02 bits per heavy atom. The summed E-state index contributed by atoms with van der Waals surface area (Å²) in [6, 6.07) is 52.3. The molecule has 0 amide bonds. The van der Waals surface area contributed by atoms with Crippen molar-refractivity contribution in [3.8, 4) is 22.3 Å². The van der Waals surface area contributed by atoms with E-state index in [2.05, 4.69) is 185 Å². The Morgan fingerprint density at radius 3 is 1.80 bits per heavy atom. The van der Waals surface area contributed by atoms with E-state index < -0.39 is 0 Å². The highest BCUT2D eigenvalue weighted by Crippen LogP contribution is 2.51. The number of benzene rings is 8. The molecule has 0 aliphatic heterocycles. The first-order valence-electron chi connectivity index (χ1n) is 18.1. The van der Waals surface area contributed by atoms with E-state index in [-0.39, 0.29) is 11.3 Å². The Bertz CT molecular complexity index is 2850. The van der Waals surface area contributed by atoms with Crippen LogP contribution >= 0.6 is 0 Å². The minimum atomic E-state index is -0.129. The van der Waals surface area contributed by atoms with Crippen molar-refractivity contribution in [2.45, 2.75) is 32.1 Å². The summed E-state index contributed by atoms with van der Waals surface area (Å²) in [5.74, 6) is 0.289. The zero-order valence-corrected chi connectivity index (χ0v) is 29.3. The molecule has 2 aliphatic carbocycles. The van der Waals surface area contributed by atoms with Crippen LogP contribution < -0.4 is 0 Å². The van der Waals surface area contributed by atoms with Crippen molar-refractivity contribution in [3.05, 3.63) is 192 Å². The van der Waals surface area contributed by atoms with Gasteiger partial charge in [-0.2, -0.15) is 0 Å². The molecule has 0 bridgehead atoms. The maximum absolute atomic E-state index is 4.40. The largest absolute Gasteiger partial charge is 0.0911 e. The highest BCUT2D eigenvalue weighted by molar-refractivity contribution is 6.22. The lowest BCUT2D eigenvalue weighted by molar-refractivity contribution is 0.660. The normalized spacial score (nSPS) is 17.8. The van der Waals surface area contributed by atoms with Gasteiger partial charge in [-0.25, -0.2) is 0 Å². The predicted molar refractivity (Wildman–Crippen MR) is 220 cm³/mol. The van der Waals surface area contributed by atoms with Crippen molar-refractivity contribution in [1.29, 1.82) is 0 Å². The fourth-order valence-corrected chi connectivity index (χ4v) is 8.98. The second-order valence-electron chi connectivity index (χ2n) is 15.0. The fourth-order valence-electron chi connectivity index (χ4n) is 8.98. The molecule has 0 saturated carbocycles. The number of rotatable bonds is 2. The highest BCUT2D eigenvalue weighted by atomic mass is 14.4. The lowest BCUT2D eigenvalue weighted by atomic mass is 9.80. The summed E-state index contributed by atoms with van der Waals surface area (Å²) < 4.78 is 0. The molecule has 0 radical (unpaired) electrons. The van der Waals surface area contributed by atoms with Crippen LogP contribution in [0.4, 0.5) is 0 Å². The molecule has 2 aliphatic rings. The van der Waals surface area contributed by atoms with Crippen LogP contribution in [-0.4, -0.2) is 0 Å². The third-order valence-electron chi connectivity index (χ3n) is 11.8. The molecule has 0 nitrogen and oxygen atoms in total. The Labute approximate surface area is 299 Å². The van der Waals surface area contributed by atoms with Gasteiger partial charge in [0.2, 0.25) is 0 Å². The van der Waals surface area contributed by atoms with Gasteiger partial charge in [-0.15, -0.1) is 0 Å². The number of hydrogen-bond donors (Lipinski definition) is 0. The van der Waals surface area contributed by atoms with Crippen molar-refractivity contribution >= 4 is 54.2 Å². The van der Waals surface area contributed by atoms with Gasteiger partial charge in [0.05, 0.1) is 0 Å². The monoisotopic (exact) mass is 650 g/mol. The molecule has 242 valence electrons. The smallest absolute Gasteiger partial charge is 0.0159 e. The van der Waals surface area contributed by atoms with Gasteiger partial charge >= 0.3 is 0 Å². The summed E-state index contributed by atoms with van der Waals surface area (Å²) in [5.41, 5.74) is 14.0. The molecule has 0 spiro atoms. The molecule has 1 unspecified atom stereocenters. The third kappa shape index (κ3) is 4.53. The fraction of sp³-hybridized carbons (Fsp3) is 0.0980. The number of hydrogen-bond acceptors (Lipinski definition) is 0. The maximum Gasteiger partial charge on any atom is 0.0159 e. The molecule has 0 fully saturated rings. The van der Waals surface area contributed by atoms with Crippen LogP contribution in [0.1, 0.15) is 54.5 Å². The summed E-state index contributed by atoms with van der Waals surface area (Å²) >= 11 is 0. The van der Waals surface area contributed by atoms with Gasteiger partial charge in [0, 0.05) is 11.3 Å². The van der Waals surface area contributed by atoms with Crippen molar-refractivity contribution in [3.63, 3.8) is 0 Å². The van der Waals surface area contributed by atoms with Gasteiger partial charge < -0.3 is 0 Å². The standard InChI is InChI=1S/C51H38/c1-31-13-14-35(27-32(2)40-11-8-7-10-39(31)40)37-19-23-46-47-24-20-38(30-50(47)51(3,4)49(46)29-37)36-16-15-34-18-22-44-43-21-17-33-9-5-6-12-41(33)42(43)25-26-45(44)48(34)28-36/h5-30,32H,1H2,2-4H3/b14-13-,35-27+. The van der Waals surface area contributed by atoms with Crippen LogP contribution in [0, 0.1) is 0 Å². The summed E-state index contributed by atoms with van der Waals surface area (Å²) in [6.45, 7) is 11.5. The van der Waals surface area contributed by atoms with E-state index >= 15 is 0 Å². The molecular weight excluding hydrogens is 613 g/mol. The van der Waals surface area contributed by atoms with E-state index in [1.807, 2.05) is 0 Å². The maximum atomic E-state index is 4.40. The molecule has 0 saturated heterocycles. The first-order valence-corrected chi connectivity index (χ1v) is 18.1. The summed E-state index contributed by atoms with van der Waals surface area (Å²) in [4.78, 5) is 0. The molecule has 0 heteroatoms. The second-order valence-corrected chi connectivity index (χ2v) is 15.0. The molecule has 8 aromatic rings. The van der Waals surface area contributed by atoms with Crippen molar-refractivity contribution in [2.75, 3.05) is 0 Å². The summed E-state index contributed by atoms with van der Waals surface area (Å²) in [7, 11) is 0. The molecule has 1 atom stereocenters. The second kappa shape index (κ2) is 11.0. The van der Waals surface area contributed by atoms with Crippen LogP contribution in [0.15, 0.2) is 164 Å². The molecule has 51 heavy (non-hydrogen) atoms. The average Bonchev–Trinajstić information content (AvgIpc) is 3.39.